The molecule has 0 saturated carbocycles. The van der Waals surface area contributed by atoms with Crippen molar-refractivity contribution in [2.24, 2.45) is 0 Å². The average molecular weight is 322 g/mol. The van der Waals surface area contributed by atoms with E-state index in [1.165, 1.54) is 12.1 Å². The molecule has 0 saturated heterocycles. The molecule has 2 aromatic rings. The predicted molar refractivity (Wildman–Crippen MR) is 76.4 cm³/mol. The molecule has 7 heteroatoms. The predicted octanol–water partition coefficient (Wildman–Crippen LogP) is 3.08. The van der Waals surface area contributed by atoms with E-state index in [2.05, 4.69) is 0 Å². The summed E-state index contributed by atoms with van der Waals surface area (Å²) in [5.74, 6) is -2.14. The summed E-state index contributed by atoms with van der Waals surface area (Å²) in [7, 11) is 0. The summed E-state index contributed by atoms with van der Waals surface area (Å²) in [5.41, 5.74) is 0.424. The number of fused-ring (bicyclic) bond motifs is 1. The van der Waals surface area contributed by atoms with Crippen LogP contribution in [0.3, 0.4) is 0 Å². The summed E-state index contributed by atoms with van der Waals surface area (Å²) >= 11 is 7.04. The number of imide groups is 1. The zero-order valence-electron chi connectivity index (χ0n) is 10.8. The molecule has 5 nitrogen and oxygen atoms in total. The molecule has 2 amide bonds. The van der Waals surface area contributed by atoms with E-state index in [1.807, 2.05) is 0 Å². The monoisotopic (exact) mass is 321 g/mol. The summed E-state index contributed by atoms with van der Waals surface area (Å²) in [6.07, 6.45) is 0. The Morgan fingerprint density at radius 3 is 2.24 bits per heavy atom. The molecule has 0 N–H and O–H groups in total. The topological polar surface area (TPSA) is 63.7 Å². The van der Waals surface area contributed by atoms with Gasteiger partial charge in [-0.3, -0.25) is 9.59 Å². The number of benzene rings is 1. The van der Waals surface area contributed by atoms with E-state index in [0.717, 1.165) is 16.2 Å². The number of amides is 2. The normalized spacial score (nSPS) is 13.5. The maximum absolute atomic E-state index is 12.1. The van der Waals surface area contributed by atoms with Gasteiger partial charge in [0.05, 0.1) is 16.1 Å². The van der Waals surface area contributed by atoms with Gasteiger partial charge in [-0.15, -0.1) is 11.3 Å². The first-order chi connectivity index (χ1) is 9.99. The minimum Gasteiger partial charge on any atom is -0.323 e. The smallest absolute Gasteiger partial charge is 0.323 e. The summed E-state index contributed by atoms with van der Waals surface area (Å²) in [4.78, 5) is 42.1. The van der Waals surface area contributed by atoms with Gasteiger partial charge in [0.2, 0.25) is 0 Å². The second-order valence-electron chi connectivity index (χ2n) is 4.36. The summed E-state index contributed by atoms with van der Waals surface area (Å²) < 4.78 is 0. The van der Waals surface area contributed by atoms with Gasteiger partial charge >= 0.3 is 5.97 Å². The molecule has 0 fully saturated rings. The molecule has 0 aliphatic carbocycles. The molecule has 1 aromatic carbocycles. The zero-order valence-corrected chi connectivity index (χ0v) is 12.3. The lowest BCUT2D eigenvalue weighted by Gasteiger charge is -2.11. The van der Waals surface area contributed by atoms with Crippen LogP contribution in [0.15, 0.2) is 30.3 Å². The quantitative estimate of drug-likeness (QED) is 0.797. The Morgan fingerprint density at radius 1 is 1.19 bits per heavy atom. The fraction of sp³-hybridized carbons (Fsp3) is 0.0714. The first-order valence-electron chi connectivity index (χ1n) is 5.95. The minimum atomic E-state index is -0.826. The van der Waals surface area contributed by atoms with Crippen molar-refractivity contribution in [2.75, 3.05) is 0 Å². The third-order valence-electron chi connectivity index (χ3n) is 2.93. The van der Waals surface area contributed by atoms with Crippen LogP contribution < -0.4 is 0 Å². The Morgan fingerprint density at radius 2 is 1.76 bits per heavy atom. The molecule has 1 aromatic heterocycles. The first kappa shape index (κ1) is 13.8. The summed E-state index contributed by atoms with van der Waals surface area (Å²) in [6, 6.07) is 7.90. The number of halogens is 1. The number of hydroxylamine groups is 2. The van der Waals surface area contributed by atoms with Crippen molar-refractivity contribution in [1.29, 1.82) is 0 Å². The van der Waals surface area contributed by atoms with Gasteiger partial charge < -0.3 is 4.84 Å². The van der Waals surface area contributed by atoms with Crippen LogP contribution in [0.4, 0.5) is 0 Å². The molecule has 106 valence electrons. The van der Waals surface area contributed by atoms with Crippen molar-refractivity contribution in [3.8, 4) is 0 Å². The van der Waals surface area contributed by atoms with Gasteiger partial charge in [-0.25, -0.2) is 4.79 Å². The Kier molecular flexibility index (Phi) is 3.27. The lowest BCUT2D eigenvalue weighted by molar-refractivity contribution is -0.0581. The van der Waals surface area contributed by atoms with E-state index < -0.39 is 17.8 Å². The molecule has 3 rings (SSSR count). The number of carbonyl (C=O) groups is 3. The van der Waals surface area contributed by atoms with Gasteiger partial charge in [0.1, 0.15) is 4.88 Å². The molecule has 1 aliphatic rings. The number of rotatable bonds is 2. The van der Waals surface area contributed by atoms with Crippen molar-refractivity contribution in [1.82, 2.24) is 5.06 Å². The summed E-state index contributed by atoms with van der Waals surface area (Å²) in [5, 5.41) is 0.706. The molecule has 0 atom stereocenters. The van der Waals surface area contributed by atoms with Gasteiger partial charge in [0.25, 0.3) is 11.8 Å². The van der Waals surface area contributed by atoms with Crippen molar-refractivity contribution in [2.45, 2.75) is 6.92 Å². The highest BCUT2D eigenvalue weighted by molar-refractivity contribution is 7.14. The molecule has 0 bridgehead atoms. The number of hydrogen-bond donors (Lipinski definition) is 0. The van der Waals surface area contributed by atoms with E-state index in [1.54, 1.807) is 25.1 Å². The molecule has 21 heavy (non-hydrogen) atoms. The number of nitrogens with zero attached hydrogens (tertiary/aromatic N) is 1. The highest BCUT2D eigenvalue weighted by Crippen LogP contribution is 2.29. The van der Waals surface area contributed by atoms with Crippen LogP contribution in [-0.4, -0.2) is 22.8 Å². The van der Waals surface area contributed by atoms with Crippen LogP contribution >= 0.6 is 22.9 Å². The van der Waals surface area contributed by atoms with Crippen LogP contribution in [0.1, 0.15) is 35.3 Å². The van der Waals surface area contributed by atoms with E-state index in [-0.39, 0.29) is 21.0 Å². The second-order valence-corrected chi connectivity index (χ2v) is 6.03. The number of carbonyl (C=O) groups excluding carboxylic acids is 3. The molecule has 2 heterocycles. The molecule has 1 aliphatic heterocycles. The van der Waals surface area contributed by atoms with Crippen LogP contribution in [0, 0.1) is 6.92 Å². The Labute approximate surface area is 128 Å². The molecule has 0 radical (unpaired) electrons. The van der Waals surface area contributed by atoms with Gasteiger partial charge in [-0.05, 0) is 25.1 Å². The number of aryl methyl sites for hydroxylation is 1. The summed E-state index contributed by atoms with van der Waals surface area (Å²) in [6.45, 7) is 1.79. The van der Waals surface area contributed by atoms with Gasteiger partial charge in [0.15, 0.2) is 0 Å². The fourth-order valence-electron chi connectivity index (χ4n) is 2.00. The van der Waals surface area contributed by atoms with Crippen molar-refractivity contribution in [3.63, 3.8) is 0 Å². The highest BCUT2D eigenvalue weighted by atomic mass is 35.5. The molecular weight excluding hydrogens is 314 g/mol. The van der Waals surface area contributed by atoms with E-state index in [0.29, 0.717) is 5.06 Å². The maximum Gasteiger partial charge on any atom is 0.375 e. The van der Waals surface area contributed by atoms with Crippen LogP contribution in [0.25, 0.3) is 0 Å². The SMILES string of the molecule is Cc1cc(Cl)c(C(=O)ON2C(=O)c3ccccc3C2=O)s1. The molecular formula is C14H8ClNO4S. The van der Waals surface area contributed by atoms with E-state index in [9.17, 15) is 14.4 Å². The zero-order chi connectivity index (χ0) is 15.1. The largest absolute Gasteiger partial charge is 0.375 e. The Balaban J connectivity index is 1.87. The minimum absolute atomic E-state index is 0.158. The highest BCUT2D eigenvalue weighted by Gasteiger charge is 2.39. The van der Waals surface area contributed by atoms with Crippen molar-refractivity contribution < 1.29 is 19.2 Å². The third-order valence-corrected chi connectivity index (χ3v) is 4.37. The van der Waals surface area contributed by atoms with Crippen LogP contribution in [0.5, 0.6) is 0 Å². The Hall–Kier alpha value is -2.18. The third kappa shape index (κ3) is 2.22. The number of thiophene rings is 1. The van der Waals surface area contributed by atoms with E-state index in [4.69, 9.17) is 16.4 Å². The molecule has 0 spiro atoms. The van der Waals surface area contributed by atoms with Gasteiger partial charge in [0, 0.05) is 4.88 Å². The van der Waals surface area contributed by atoms with E-state index >= 15 is 0 Å². The first-order valence-corrected chi connectivity index (χ1v) is 7.14. The lowest BCUT2D eigenvalue weighted by atomic mass is 10.1. The van der Waals surface area contributed by atoms with Crippen molar-refractivity contribution in [3.05, 3.63) is 56.2 Å². The Bertz CT molecular complexity index is 748. The lowest BCUT2D eigenvalue weighted by Crippen LogP contribution is -2.32. The van der Waals surface area contributed by atoms with Crippen LogP contribution in [-0.2, 0) is 4.84 Å². The number of hydrogen-bond acceptors (Lipinski definition) is 5. The van der Waals surface area contributed by atoms with Gasteiger partial charge in [-0.2, -0.15) is 0 Å². The van der Waals surface area contributed by atoms with Crippen molar-refractivity contribution >= 4 is 40.7 Å². The fourth-order valence-corrected chi connectivity index (χ4v) is 3.19. The average Bonchev–Trinajstić information content (AvgIpc) is 2.92. The second kappa shape index (κ2) is 4.98. The van der Waals surface area contributed by atoms with Crippen LogP contribution in [0.2, 0.25) is 5.02 Å². The van der Waals surface area contributed by atoms with Gasteiger partial charge in [-0.1, -0.05) is 28.8 Å². The standard InChI is InChI=1S/C14H8ClNO4S/c1-7-6-10(15)11(21-7)14(19)20-16-12(17)8-4-2-3-5-9(8)13(16)18/h2-6H,1H3. The maximum atomic E-state index is 12.1. The molecule has 0 unspecified atom stereocenters.